The molecule has 158 valence electrons. The molecule has 30 heavy (non-hydrogen) atoms. The van der Waals surface area contributed by atoms with Crippen LogP contribution in [0.2, 0.25) is 0 Å². The minimum atomic E-state index is -4.71. The van der Waals surface area contributed by atoms with Crippen LogP contribution >= 0.6 is 0 Å². The van der Waals surface area contributed by atoms with E-state index in [4.69, 9.17) is 5.73 Å². The fraction of sp³-hybridized carbons (Fsp3) is 0.238. The molecule has 0 amide bonds. The number of pyridine rings is 1. The van der Waals surface area contributed by atoms with Crippen LogP contribution in [-0.4, -0.2) is 31.4 Å². The summed E-state index contributed by atoms with van der Waals surface area (Å²) < 4.78 is 40.5. The van der Waals surface area contributed by atoms with Crippen LogP contribution in [0, 0.1) is 0 Å². The van der Waals surface area contributed by atoms with E-state index in [0.29, 0.717) is 12.1 Å². The number of halogens is 3. The maximum absolute atomic E-state index is 12.2. The molecule has 0 radical (unpaired) electrons. The van der Waals surface area contributed by atoms with Crippen LogP contribution in [0.4, 0.5) is 19.0 Å². The fourth-order valence-electron chi connectivity index (χ4n) is 2.82. The Labute approximate surface area is 172 Å². The molecule has 0 saturated carbocycles. The number of fused-ring (bicyclic) bond motifs is 1. The predicted molar refractivity (Wildman–Crippen MR) is 111 cm³/mol. The normalized spacial score (nSPS) is 12.1. The molecular formula is C21H22F3N5O. The van der Waals surface area contributed by atoms with Crippen LogP contribution in [-0.2, 0) is 13.1 Å². The number of para-hydroxylation sites is 1. The van der Waals surface area contributed by atoms with Gasteiger partial charge in [0.2, 0.25) is 0 Å². The van der Waals surface area contributed by atoms with Gasteiger partial charge in [-0.2, -0.15) is 0 Å². The number of ether oxygens (including phenoxy) is 1. The zero-order chi connectivity index (χ0) is 21.7. The maximum Gasteiger partial charge on any atom is 0.573 e. The molecule has 1 aromatic heterocycles. The lowest BCUT2D eigenvalue weighted by atomic mass is 10.1. The molecule has 3 aromatic rings. The largest absolute Gasteiger partial charge is 0.573 e. The minimum Gasteiger partial charge on any atom is -0.406 e. The number of aliphatic imine (C=N–C) groups is 1. The number of nitrogens with one attached hydrogen (secondary N) is 1. The molecule has 1 heterocycles. The molecule has 0 spiro atoms. The highest BCUT2D eigenvalue weighted by Gasteiger charge is 2.30. The molecule has 2 aromatic carbocycles. The number of hydrogen-bond acceptors (Lipinski definition) is 4. The fourth-order valence-corrected chi connectivity index (χ4v) is 2.82. The third-order valence-electron chi connectivity index (χ3n) is 4.30. The Morgan fingerprint density at radius 2 is 1.83 bits per heavy atom. The summed E-state index contributed by atoms with van der Waals surface area (Å²) in [7, 11) is 3.85. The summed E-state index contributed by atoms with van der Waals surface area (Å²) in [5.74, 6) is 0.794. The zero-order valence-corrected chi connectivity index (χ0v) is 16.6. The third kappa shape index (κ3) is 5.76. The van der Waals surface area contributed by atoms with Crippen molar-refractivity contribution < 1.29 is 17.9 Å². The van der Waals surface area contributed by atoms with Gasteiger partial charge in [0.25, 0.3) is 0 Å². The number of nitrogens with zero attached hydrogens (tertiary/aromatic N) is 3. The third-order valence-corrected chi connectivity index (χ3v) is 4.30. The van der Waals surface area contributed by atoms with Crippen LogP contribution in [0.5, 0.6) is 5.75 Å². The van der Waals surface area contributed by atoms with Gasteiger partial charge in [-0.3, -0.25) is 0 Å². The van der Waals surface area contributed by atoms with Gasteiger partial charge in [0.05, 0.1) is 12.1 Å². The molecule has 0 atom stereocenters. The van der Waals surface area contributed by atoms with Crippen LogP contribution in [0.15, 0.2) is 59.6 Å². The summed E-state index contributed by atoms with van der Waals surface area (Å²) in [5, 5.41) is 4.10. The van der Waals surface area contributed by atoms with E-state index in [0.717, 1.165) is 22.3 Å². The minimum absolute atomic E-state index is 0.227. The monoisotopic (exact) mass is 417 g/mol. The first-order valence-electron chi connectivity index (χ1n) is 9.16. The van der Waals surface area contributed by atoms with E-state index in [2.05, 4.69) is 20.0 Å². The lowest BCUT2D eigenvalue weighted by Crippen LogP contribution is -2.31. The van der Waals surface area contributed by atoms with E-state index in [-0.39, 0.29) is 18.3 Å². The molecule has 3 N–H and O–H groups in total. The highest BCUT2D eigenvalue weighted by molar-refractivity contribution is 5.85. The molecule has 9 heteroatoms. The summed E-state index contributed by atoms with van der Waals surface area (Å²) in [5.41, 5.74) is 8.58. The Hall–Kier alpha value is -3.49. The van der Waals surface area contributed by atoms with Gasteiger partial charge in [-0.25, -0.2) is 9.98 Å². The predicted octanol–water partition coefficient (Wildman–Crippen LogP) is 3.80. The van der Waals surface area contributed by atoms with Crippen LogP contribution in [0.1, 0.15) is 11.1 Å². The molecule has 0 fully saturated rings. The topological polar surface area (TPSA) is 75.8 Å². The quantitative estimate of drug-likeness (QED) is 0.471. The van der Waals surface area contributed by atoms with Crippen LogP contribution < -0.4 is 20.7 Å². The molecule has 0 aliphatic rings. The van der Waals surface area contributed by atoms with Gasteiger partial charge >= 0.3 is 6.36 Å². The van der Waals surface area contributed by atoms with Crippen LogP contribution in [0.3, 0.4) is 0 Å². The van der Waals surface area contributed by atoms with Gasteiger partial charge < -0.3 is 20.7 Å². The molecule has 6 nitrogen and oxygen atoms in total. The van der Waals surface area contributed by atoms with Crippen molar-refractivity contribution in [2.75, 3.05) is 19.0 Å². The number of anilines is 1. The first-order valence-corrected chi connectivity index (χ1v) is 9.16. The molecular weight excluding hydrogens is 395 g/mol. The second-order valence-corrected chi connectivity index (χ2v) is 6.80. The highest BCUT2D eigenvalue weighted by Crippen LogP contribution is 2.23. The SMILES string of the molecule is CN(C)c1cc(CNC(N)=NCc2ccc(OC(F)(F)F)cc2)c2ccccc2n1. The molecule has 3 rings (SSSR count). The molecule has 0 bridgehead atoms. The summed E-state index contributed by atoms with van der Waals surface area (Å²) in [6.07, 6.45) is -4.71. The Morgan fingerprint density at radius 3 is 2.50 bits per heavy atom. The summed E-state index contributed by atoms with van der Waals surface area (Å²) in [6.45, 7) is 0.683. The van der Waals surface area contributed by atoms with Crippen molar-refractivity contribution in [2.24, 2.45) is 10.7 Å². The zero-order valence-electron chi connectivity index (χ0n) is 16.6. The van der Waals surface area contributed by atoms with E-state index >= 15 is 0 Å². The van der Waals surface area contributed by atoms with Gasteiger partial charge in [0.15, 0.2) is 5.96 Å². The first-order chi connectivity index (χ1) is 14.2. The Bertz CT molecular complexity index is 1030. The first kappa shape index (κ1) is 21.2. The number of nitrogens with two attached hydrogens (primary N) is 1. The van der Waals surface area contributed by atoms with E-state index in [1.807, 2.05) is 49.3 Å². The number of alkyl halides is 3. The Morgan fingerprint density at radius 1 is 1.13 bits per heavy atom. The molecule has 0 unspecified atom stereocenters. The number of guanidine groups is 1. The Balaban J connectivity index is 1.65. The van der Waals surface area contributed by atoms with Gasteiger partial charge in [-0.15, -0.1) is 13.2 Å². The van der Waals surface area contributed by atoms with Crippen molar-refractivity contribution in [3.8, 4) is 5.75 Å². The van der Waals surface area contributed by atoms with E-state index in [1.165, 1.54) is 24.3 Å². The van der Waals surface area contributed by atoms with Crippen molar-refractivity contribution in [3.63, 3.8) is 0 Å². The van der Waals surface area contributed by atoms with Crippen molar-refractivity contribution in [3.05, 3.63) is 65.7 Å². The van der Waals surface area contributed by atoms with Crippen LogP contribution in [0.25, 0.3) is 10.9 Å². The average molecular weight is 417 g/mol. The lowest BCUT2D eigenvalue weighted by molar-refractivity contribution is -0.274. The smallest absolute Gasteiger partial charge is 0.406 e. The van der Waals surface area contributed by atoms with Crippen molar-refractivity contribution >= 4 is 22.7 Å². The van der Waals surface area contributed by atoms with E-state index in [1.54, 1.807) is 0 Å². The standard InChI is InChI=1S/C21H22F3N5O/c1-29(2)19-11-15(17-5-3-4-6-18(17)28-19)13-27-20(25)26-12-14-7-9-16(10-8-14)30-21(22,23)24/h3-11H,12-13H2,1-2H3,(H3,25,26,27). The summed E-state index contributed by atoms with van der Waals surface area (Å²) >= 11 is 0. The summed E-state index contributed by atoms with van der Waals surface area (Å²) in [6, 6.07) is 15.3. The van der Waals surface area contributed by atoms with Gasteiger partial charge in [-0.1, -0.05) is 30.3 Å². The van der Waals surface area contributed by atoms with Crippen molar-refractivity contribution in [1.82, 2.24) is 10.3 Å². The molecule has 0 aliphatic heterocycles. The second kappa shape index (κ2) is 8.89. The van der Waals surface area contributed by atoms with E-state index in [9.17, 15) is 13.2 Å². The Kier molecular flexibility index (Phi) is 6.29. The van der Waals surface area contributed by atoms with Crippen molar-refractivity contribution in [1.29, 1.82) is 0 Å². The number of hydrogen-bond donors (Lipinski definition) is 2. The van der Waals surface area contributed by atoms with Crippen molar-refractivity contribution in [2.45, 2.75) is 19.5 Å². The van der Waals surface area contributed by atoms with Gasteiger partial charge in [0, 0.05) is 26.0 Å². The highest BCUT2D eigenvalue weighted by atomic mass is 19.4. The maximum atomic E-state index is 12.2. The van der Waals surface area contributed by atoms with Gasteiger partial charge in [-0.05, 0) is 35.4 Å². The number of rotatable bonds is 6. The molecule has 0 aliphatic carbocycles. The molecule has 0 saturated heterocycles. The lowest BCUT2D eigenvalue weighted by Gasteiger charge is -2.15. The average Bonchev–Trinajstić information content (AvgIpc) is 2.70. The second-order valence-electron chi connectivity index (χ2n) is 6.80. The van der Waals surface area contributed by atoms with E-state index < -0.39 is 6.36 Å². The van der Waals surface area contributed by atoms with Gasteiger partial charge in [0.1, 0.15) is 11.6 Å². The summed E-state index contributed by atoms with van der Waals surface area (Å²) in [4.78, 5) is 10.8. The number of benzene rings is 2. The number of aromatic nitrogens is 1.